The zero-order chi connectivity index (χ0) is 18.8. The first kappa shape index (κ1) is 18.3. The van der Waals surface area contributed by atoms with Crippen molar-refractivity contribution in [3.05, 3.63) is 62.5 Å². The van der Waals surface area contributed by atoms with E-state index in [1.165, 1.54) is 16.9 Å². The van der Waals surface area contributed by atoms with Crippen LogP contribution in [0.5, 0.6) is 0 Å². The van der Waals surface area contributed by atoms with E-state index in [0.29, 0.717) is 18.5 Å². The van der Waals surface area contributed by atoms with Crippen molar-refractivity contribution in [2.24, 2.45) is 0 Å². The normalized spacial score (nSPS) is 11.1. The number of hydrogen-bond donors (Lipinski definition) is 0. The highest BCUT2D eigenvalue weighted by atomic mass is 32.1. The van der Waals surface area contributed by atoms with Crippen LogP contribution < -0.4 is 5.56 Å². The Morgan fingerprint density at radius 1 is 1.23 bits per heavy atom. The third-order valence-corrected chi connectivity index (χ3v) is 5.93. The standard InChI is InChI=1S/C20H23N3O2S/c1-13-7-5-6-8-16(13)11-22(4)17(24)9-10-23-12-21-19-18(20(23)25)14(2)15(3)26-19/h5-8,12H,9-11H2,1-4H3. The molecule has 0 atom stereocenters. The van der Waals surface area contributed by atoms with Gasteiger partial charge in [-0.25, -0.2) is 4.98 Å². The Hall–Kier alpha value is -2.47. The molecule has 0 bridgehead atoms. The van der Waals surface area contributed by atoms with E-state index in [-0.39, 0.29) is 17.9 Å². The van der Waals surface area contributed by atoms with Crippen molar-refractivity contribution in [1.82, 2.24) is 14.5 Å². The van der Waals surface area contributed by atoms with E-state index in [2.05, 4.69) is 4.98 Å². The van der Waals surface area contributed by atoms with E-state index in [1.807, 2.05) is 45.0 Å². The Bertz CT molecular complexity index is 1020. The predicted octanol–water partition coefficient (Wildman–Crippen LogP) is 3.43. The van der Waals surface area contributed by atoms with Crippen LogP contribution in [-0.4, -0.2) is 27.4 Å². The molecule has 0 aliphatic carbocycles. The van der Waals surface area contributed by atoms with Gasteiger partial charge in [0.1, 0.15) is 4.83 Å². The Balaban J connectivity index is 1.70. The maximum absolute atomic E-state index is 12.7. The van der Waals surface area contributed by atoms with Gasteiger partial charge in [-0.1, -0.05) is 24.3 Å². The fourth-order valence-electron chi connectivity index (χ4n) is 2.97. The average molecular weight is 369 g/mol. The highest BCUT2D eigenvalue weighted by Crippen LogP contribution is 2.25. The zero-order valence-corrected chi connectivity index (χ0v) is 16.4. The van der Waals surface area contributed by atoms with Crippen LogP contribution in [0.3, 0.4) is 0 Å². The lowest BCUT2D eigenvalue weighted by Gasteiger charge is -2.18. The van der Waals surface area contributed by atoms with Gasteiger partial charge in [-0.3, -0.25) is 14.2 Å². The molecule has 0 saturated heterocycles. The van der Waals surface area contributed by atoms with Crippen LogP contribution >= 0.6 is 11.3 Å². The van der Waals surface area contributed by atoms with Crippen LogP contribution in [0.25, 0.3) is 10.2 Å². The first-order valence-corrected chi connectivity index (χ1v) is 9.43. The van der Waals surface area contributed by atoms with Gasteiger partial charge in [-0.2, -0.15) is 0 Å². The zero-order valence-electron chi connectivity index (χ0n) is 15.6. The van der Waals surface area contributed by atoms with Gasteiger partial charge < -0.3 is 4.90 Å². The van der Waals surface area contributed by atoms with Crippen LogP contribution in [0.1, 0.15) is 28.0 Å². The van der Waals surface area contributed by atoms with Crippen LogP contribution in [-0.2, 0) is 17.9 Å². The Morgan fingerprint density at radius 3 is 2.69 bits per heavy atom. The van der Waals surface area contributed by atoms with Gasteiger partial charge in [0.05, 0.1) is 11.7 Å². The number of carbonyl (C=O) groups excluding carboxylic acids is 1. The van der Waals surface area contributed by atoms with E-state index >= 15 is 0 Å². The minimum Gasteiger partial charge on any atom is -0.341 e. The lowest BCUT2D eigenvalue weighted by atomic mass is 10.1. The molecule has 2 aromatic heterocycles. The summed E-state index contributed by atoms with van der Waals surface area (Å²) in [5.41, 5.74) is 3.22. The molecule has 0 saturated carbocycles. The van der Waals surface area contributed by atoms with Crippen molar-refractivity contribution in [1.29, 1.82) is 0 Å². The Kier molecular flexibility index (Phi) is 5.23. The van der Waals surface area contributed by atoms with Crippen molar-refractivity contribution < 1.29 is 4.79 Å². The second-order valence-corrected chi connectivity index (χ2v) is 7.84. The highest BCUT2D eigenvalue weighted by molar-refractivity contribution is 7.18. The molecule has 6 heteroatoms. The molecule has 3 aromatic rings. The molecular formula is C20H23N3O2S. The summed E-state index contributed by atoms with van der Waals surface area (Å²) in [5, 5.41) is 0.677. The summed E-state index contributed by atoms with van der Waals surface area (Å²) in [4.78, 5) is 33.1. The summed E-state index contributed by atoms with van der Waals surface area (Å²) < 4.78 is 1.54. The molecule has 0 radical (unpaired) electrons. The van der Waals surface area contributed by atoms with Gasteiger partial charge in [0.2, 0.25) is 5.91 Å². The number of carbonyl (C=O) groups is 1. The average Bonchev–Trinajstić information content (AvgIpc) is 2.91. The maximum atomic E-state index is 12.7. The predicted molar refractivity (Wildman–Crippen MR) is 106 cm³/mol. The van der Waals surface area contributed by atoms with Crippen molar-refractivity contribution >= 4 is 27.5 Å². The number of hydrogen-bond acceptors (Lipinski definition) is 4. The van der Waals surface area contributed by atoms with Gasteiger partial charge in [0.15, 0.2) is 0 Å². The van der Waals surface area contributed by atoms with Crippen molar-refractivity contribution in [2.75, 3.05) is 7.05 Å². The van der Waals surface area contributed by atoms with Gasteiger partial charge >= 0.3 is 0 Å². The molecule has 1 amide bonds. The number of aryl methyl sites for hydroxylation is 4. The summed E-state index contributed by atoms with van der Waals surface area (Å²) in [6, 6.07) is 8.04. The highest BCUT2D eigenvalue weighted by Gasteiger charge is 2.14. The lowest BCUT2D eigenvalue weighted by Crippen LogP contribution is -2.29. The first-order chi connectivity index (χ1) is 12.4. The molecule has 1 aromatic carbocycles. The van der Waals surface area contributed by atoms with E-state index in [1.54, 1.807) is 22.8 Å². The smallest absolute Gasteiger partial charge is 0.262 e. The van der Waals surface area contributed by atoms with E-state index in [0.717, 1.165) is 20.8 Å². The van der Waals surface area contributed by atoms with Gasteiger partial charge in [-0.05, 0) is 37.5 Å². The number of amides is 1. The fourth-order valence-corrected chi connectivity index (χ4v) is 3.95. The topological polar surface area (TPSA) is 55.2 Å². The van der Waals surface area contributed by atoms with Crippen LogP contribution in [0, 0.1) is 20.8 Å². The summed E-state index contributed by atoms with van der Waals surface area (Å²) in [5.74, 6) is 0.0125. The summed E-state index contributed by atoms with van der Waals surface area (Å²) in [7, 11) is 1.80. The molecule has 2 heterocycles. The van der Waals surface area contributed by atoms with Crippen LogP contribution in [0.2, 0.25) is 0 Å². The summed E-state index contributed by atoms with van der Waals surface area (Å²) >= 11 is 1.53. The lowest BCUT2D eigenvalue weighted by molar-refractivity contribution is -0.130. The molecule has 26 heavy (non-hydrogen) atoms. The van der Waals surface area contributed by atoms with Gasteiger partial charge in [-0.15, -0.1) is 11.3 Å². The van der Waals surface area contributed by atoms with Crippen molar-refractivity contribution in [3.63, 3.8) is 0 Å². The molecule has 136 valence electrons. The van der Waals surface area contributed by atoms with Gasteiger partial charge in [0.25, 0.3) is 5.56 Å². The molecule has 0 aliphatic heterocycles. The molecule has 0 unspecified atom stereocenters. The summed E-state index contributed by atoms with van der Waals surface area (Å²) in [6.45, 7) is 6.89. The van der Waals surface area contributed by atoms with Crippen LogP contribution in [0.15, 0.2) is 35.4 Å². The minimum absolute atomic E-state index is 0.0125. The number of thiophene rings is 1. The first-order valence-electron chi connectivity index (χ1n) is 8.62. The molecule has 0 spiro atoms. The van der Waals surface area contributed by atoms with E-state index in [4.69, 9.17) is 0 Å². The SMILES string of the molecule is Cc1ccccc1CN(C)C(=O)CCn1cnc2sc(C)c(C)c2c1=O. The second-order valence-electron chi connectivity index (χ2n) is 6.63. The quantitative estimate of drug-likeness (QED) is 0.692. The number of nitrogens with zero attached hydrogens (tertiary/aromatic N) is 3. The van der Waals surface area contributed by atoms with Gasteiger partial charge in [0, 0.05) is 31.4 Å². The Labute approximate surface area is 156 Å². The third-order valence-electron chi connectivity index (χ3n) is 4.82. The van der Waals surface area contributed by atoms with Crippen molar-refractivity contribution in [3.8, 4) is 0 Å². The molecular weight excluding hydrogens is 346 g/mol. The number of aromatic nitrogens is 2. The summed E-state index contributed by atoms with van der Waals surface area (Å²) in [6.07, 6.45) is 1.83. The molecule has 3 rings (SSSR count). The largest absolute Gasteiger partial charge is 0.341 e. The van der Waals surface area contributed by atoms with E-state index in [9.17, 15) is 9.59 Å². The molecule has 0 fully saturated rings. The number of fused-ring (bicyclic) bond motifs is 1. The van der Waals surface area contributed by atoms with Crippen molar-refractivity contribution in [2.45, 2.75) is 40.3 Å². The second kappa shape index (κ2) is 7.41. The molecule has 0 N–H and O–H groups in total. The van der Waals surface area contributed by atoms with E-state index < -0.39 is 0 Å². The van der Waals surface area contributed by atoms with Crippen LogP contribution in [0.4, 0.5) is 0 Å². The Morgan fingerprint density at radius 2 is 1.96 bits per heavy atom. The molecule has 5 nitrogen and oxygen atoms in total. The fraction of sp³-hybridized carbons (Fsp3) is 0.350. The third kappa shape index (κ3) is 3.55. The minimum atomic E-state index is -0.0637. The number of benzene rings is 1. The molecule has 0 aliphatic rings. The maximum Gasteiger partial charge on any atom is 0.262 e. The number of rotatable bonds is 5. The monoisotopic (exact) mass is 369 g/mol.